The van der Waals surface area contributed by atoms with Gasteiger partial charge in [0.2, 0.25) is 0 Å². The topological polar surface area (TPSA) is 42.0 Å². The predicted octanol–water partition coefficient (Wildman–Crippen LogP) is 2.53. The molecule has 15 heavy (non-hydrogen) atoms. The number of halogens is 2. The van der Waals surface area contributed by atoms with E-state index in [9.17, 15) is 4.79 Å². The van der Waals surface area contributed by atoms with Gasteiger partial charge in [-0.15, -0.1) is 0 Å². The average Bonchev–Trinajstić information content (AvgIpc) is 2.12. The number of nitrogens with one attached hydrogen (secondary N) is 1. The van der Waals surface area contributed by atoms with Gasteiger partial charge in [-0.25, -0.2) is 4.98 Å². The highest BCUT2D eigenvalue weighted by Gasteiger charge is 2.07. The molecule has 0 bridgehead atoms. The highest BCUT2D eigenvalue weighted by Crippen LogP contribution is 2.10. The van der Waals surface area contributed by atoms with E-state index in [0.29, 0.717) is 21.4 Å². The van der Waals surface area contributed by atoms with Crippen LogP contribution in [-0.4, -0.2) is 17.4 Å². The summed E-state index contributed by atoms with van der Waals surface area (Å²) in [4.78, 5) is 15.5. The van der Waals surface area contributed by atoms with Crippen molar-refractivity contribution in [3.8, 4) is 0 Å². The van der Waals surface area contributed by atoms with Gasteiger partial charge in [0.05, 0.1) is 6.54 Å². The summed E-state index contributed by atoms with van der Waals surface area (Å²) in [6.07, 6.45) is 0. The van der Waals surface area contributed by atoms with Crippen molar-refractivity contribution >= 4 is 29.1 Å². The van der Waals surface area contributed by atoms with E-state index < -0.39 is 0 Å². The normalized spacial score (nSPS) is 9.80. The first-order chi connectivity index (χ1) is 6.99. The van der Waals surface area contributed by atoms with Crippen LogP contribution in [0.1, 0.15) is 16.1 Å². The smallest absolute Gasteiger partial charge is 0.251 e. The number of carbonyl (C=O) groups excluding carboxylic acids is 1. The lowest BCUT2D eigenvalue weighted by atomic mass is 10.2. The zero-order chi connectivity index (χ0) is 11.4. The number of aromatic nitrogens is 1. The second-order valence-electron chi connectivity index (χ2n) is 3.02. The molecule has 0 unspecified atom stereocenters. The number of hydrogen-bond acceptors (Lipinski definition) is 2. The van der Waals surface area contributed by atoms with E-state index >= 15 is 0 Å². The molecule has 0 aromatic carbocycles. The third-order valence-electron chi connectivity index (χ3n) is 1.63. The molecule has 0 saturated heterocycles. The van der Waals surface area contributed by atoms with Crippen LogP contribution in [0.25, 0.3) is 0 Å². The largest absolute Gasteiger partial charge is 0.347 e. The molecule has 0 aliphatic carbocycles. The van der Waals surface area contributed by atoms with Gasteiger partial charge in [-0.05, 0) is 19.1 Å². The first-order valence-corrected chi connectivity index (χ1v) is 5.00. The summed E-state index contributed by atoms with van der Waals surface area (Å²) in [6, 6.07) is 3.15. The Bertz CT molecular complexity index is 384. The number of amides is 1. The second kappa shape index (κ2) is 5.14. The Labute approximate surface area is 98.1 Å². The molecular formula is C10H10Cl2N2O. The van der Waals surface area contributed by atoms with E-state index in [1.54, 1.807) is 13.0 Å². The lowest BCUT2D eigenvalue weighted by molar-refractivity contribution is 0.0957. The van der Waals surface area contributed by atoms with Gasteiger partial charge in [0, 0.05) is 16.3 Å². The van der Waals surface area contributed by atoms with Crippen LogP contribution in [0.3, 0.4) is 0 Å². The van der Waals surface area contributed by atoms with Crippen LogP contribution in [0.4, 0.5) is 0 Å². The van der Waals surface area contributed by atoms with E-state index in [-0.39, 0.29) is 12.5 Å². The minimum absolute atomic E-state index is 0.235. The molecule has 5 heteroatoms. The van der Waals surface area contributed by atoms with Crippen molar-refractivity contribution in [1.82, 2.24) is 10.3 Å². The van der Waals surface area contributed by atoms with E-state index in [1.807, 2.05) is 0 Å². The van der Waals surface area contributed by atoms with Gasteiger partial charge in [-0.3, -0.25) is 4.79 Å². The van der Waals surface area contributed by atoms with Gasteiger partial charge >= 0.3 is 0 Å². The number of aryl methyl sites for hydroxylation is 1. The maximum absolute atomic E-state index is 11.6. The molecule has 0 aliphatic heterocycles. The van der Waals surface area contributed by atoms with Crippen LogP contribution < -0.4 is 5.32 Å². The van der Waals surface area contributed by atoms with Gasteiger partial charge in [0.1, 0.15) is 5.15 Å². The Morgan fingerprint density at radius 3 is 2.80 bits per heavy atom. The van der Waals surface area contributed by atoms with Crippen LogP contribution in [0, 0.1) is 6.92 Å². The molecule has 1 aromatic rings. The predicted molar refractivity (Wildman–Crippen MR) is 61.3 cm³/mol. The van der Waals surface area contributed by atoms with Gasteiger partial charge in [-0.2, -0.15) is 0 Å². The lowest BCUT2D eigenvalue weighted by Crippen LogP contribution is -2.24. The molecule has 1 aromatic heterocycles. The molecule has 0 spiro atoms. The molecule has 0 fully saturated rings. The first-order valence-electron chi connectivity index (χ1n) is 4.24. The van der Waals surface area contributed by atoms with Crippen molar-refractivity contribution < 1.29 is 4.79 Å². The van der Waals surface area contributed by atoms with E-state index in [1.165, 1.54) is 6.07 Å². The van der Waals surface area contributed by atoms with Crippen molar-refractivity contribution in [2.45, 2.75) is 6.92 Å². The van der Waals surface area contributed by atoms with Gasteiger partial charge in [-0.1, -0.05) is 29.8 Å². The van der Waals surface area contributed by atoms with E-state index in [2.05, 4.69) is 16.9 Å². The number of carbonyl (C=O) groups is 1. The SMILES string of the molecule is C=C(Cl)CNC(=O)c1cc(C)nc(Cl)c1. The standard InChI is InChI=1S/C10H10Cl2N2O/c1-6(11)5-13-10(15)8-3-7(2)14-9(12)4-8/h3-4H,1,5H2,2H3,(H,13,15). The first kappa shape index (κ1) is 12.0. The summed E-state index contributed by atoms with van der Waals surface area (Å²) in [5, 5.41) is 3.27. The number of nitrogens with zero attached hydrogens (tertiary/aromatic N) is 1. The molecule has 1 N–H and O–H groups in total. The molecule has 0 aliphatic rings. The molecule has 1 amide bonds. The summed E-state index contributed by atoms with van der Waals surface area (Å²) in [7, 11) is 0. The van der Waals surface area contributed by atoms with Crippen molar-refractivity contribution in [3.63, 3.8) is 0 Å². The van der Waals surface area contributed by atoms with Crippen LogP contribution >= 0.6 is 23.2 Å². The highest BCUT2D eigenvalue weighted by molar-refractivity contribution is 6.30. The number of rotatable bonds is 3. The van der Waals surface area contributed by atoms with Crippen LogP contribution in [-0.2, 0) is 0 Å². The van der Waals surface area contributed by atoms with Gasteiger partial charge < -0.3 is 5.32 Å². The minimum Gasteiger partial charge on any atom is -0.347 e. The van der Waals surface area contributed by atoms with Crippen LogP contribution in [0.5, 0.6) is 0 Å². The zero-order valence-electron chi connectivity index (χ0n) is 8.18. The van der Waals surface area contributed by atoms with Crippen molar-refractivity contribution in [3.05, 3.63) is 40.2 Å². The Balaban J connectivity index is 2.77. The summed E-state index contributed by atoms with van der Waals surface area (Å²) >= 11 is 11.2. The molecule has 1 heterocycles. The fourth-order valence-electron chi connectivity index (χ4n) is 1.04. The van der Waals surface area contributed by atoms with Crippen molar-refractivity contribution in [2.75, 3.05) is 6.54 Å². The maximum atomic E-state index is 11.6. The third-order valence-corrected chi connectivity index (χ3v) is 1.95. The monoisotopic (exact) mass is 244 g/mol. The third kappa shape index (κ3) is 3.90. The number of pyridine rings is 1. The van der Waals surface area contributed by atoms with Gasteiger partial charge in [0.25, 0.3) is 5.91 Å². The van der Waals surface area contributed by atoms with Crippen molar-refractivity contribution in [2.24, 2.45) is 0 Å². The molecule has 0 saturated carbocycles. The fraction of sp³-hybridized carbons (Fsp3) is 0.200. The molecule has 0 atom stereocenters. The summed E-state index contributed by atoms with van der Waals surface area (Å²) < 4.78 is 0. The second-order valence-corrected chi connectivity index (χ2v) is 3.94. The van der Waals surface area contributed by atoms with Crippen LogP contribution in [0.15, 0.2) is 23.7 Å². The average molecular weight is 245 g/mol. The lowest BCUT2D eigenvalue weighted by Gasteiger charge is -2.04. The minimum atomic E-state index is -0.246. The zero-order valence-corrected chi connectivity index (χ0v) is 9.69. The molecular weight excluding hydrogens is 235 g/mol. The summed E-state index contributed by atoms with van der Waals surface area (Å²) in [5.41, 5.74) is 1.16. The molecule has 3 nitrogen and oxygen atoms in total. The fourth-order valence-corrected chi connectivity index (χ4v) is 1.36. The maximum Gasteiger partial charge on any atom is 0.251 e. The Hall–Kier alpha value is -1.06. The molecule has 80 valence electrons. The van der Waals surface area contributed by atoms with Crippen LogP contribution in [0.2, 0.25) is 5.15 Å². The van der Waals surface area contributed by atoms with Crippen molar-refractivity contribution in [1.29, 1.82) is 0 Å². The van der Waals surface area contributed by atoms with Gasteiger partial charge in [0.15, 0.2) is 0 Å². The quantitative estimate of drug-likeness (QED) is 0.831. The molecule has 0 radical (unpaired) electrons. The Morgan fingerprint density at radius 1 is 1.60 bits per heavy atom. The number of hydrogen-bond donors (Lipinski definition) is 1. The highest BCUT2D eigenvalue weighted by atomic mass is 35.5. The van der Waals surface area contributed by atoms with E-state index in [4.69, 9.17) is 23.2 Å². The summed E-state index contributed by atoms with van der Waals surface area (Å²) in [6.45, 7) is 5.47. The summed E-state index contributed by atoms with van der Waals surface area (Å²) in [5.74, 6) is -0.246. The Kier molecular flexibility index (Phi) is 4.12. The molecule has 1 rings (SSSR count). The van der Waals surface area contributed by atoms with E-state index in [0.717, 1.165) is 0 Å². The Morgan fingerprint density at radius 2 is 2.27 bits per heavy atom.